The van der Waals surface area contributed by atoms with Gasteiger partial charge >= 0.3 is 6.18 Å². The molecule has 1 unspecified atom stereocenters. The molecule has 96 valence electrons. The second-order valence-corrected chi connectivity index (χ2v) is 4.92. The summed E-state index contributed by atoms with van der Waals surface area (Å²) in [7, 11) is 0. The van der Waals surface area contributed by atoms with Crippen molar-refractivity contribution in [2.45, 2.75) is 24.9 Å². The minimum atomic E-state index is -4.65. The molecule has 1 aliphatic heterocycles. The number of Topliss-reactive ketones (excluding diaryl/α,β-unsaturated/α-hetero) is 1. The number of alkyl halides is 4. The molecular weight excluding hydrogens is 313 g/mol. The molecule has 0 fully saturated rings. The van der Waals surface area contributed by atoms with Crippen LogP contribution < -0.4 is 0 Å². The van der Waals surface area contributed by atoms with E-state index in [-0.39, 0.29) is 11.4 Å². The number of hydrogen-bond acceptors (Lipinski definition) is 3. The van der Waals surface area contributed by atoms with E-state index in [1.165, 1.54) is 0 Å². The molecule has 0 N–H and O–H groups in total. The normalized spacial score (nSPS) is 19.6. The second kappa shape index (κ2) is 4.15. The van der Waals surface area contributed by atoms with Gasteiger partial charge in [-0.15, -0.1) is 0 Å². The topological polar surface area (TPSA) is 42.3 Å². The van der Waals surface area contributed by atoms with Crippen LogP contribution in [0.4, 0.5) is 19.0 Å². The summed E-state index contributed by atoms with van der Waals surface area (Å²) in [5.41, 5.74) is 0.0993. The number of rotatable bonds is 0. The third-order valence-corrected chi connectivity index (χ3v) is 3.41. The Hall–Kier alpha value is -1.24. The van der Waals surface area contributed by atoms with Crippen molar-refractivity contribution in [3.8, 4) is 0 Å². The Bertz CT molecular complexity index is 566. The molecule has 1 aromatic heterocycles. The quantitative estimate of drug-likeness (QED) is 0.688. The number of fused-ring (bicyclic) bond motifs is 1. The Balaban J connectivity index is 2.70. The van der Waals surface area contributed by atoms with Crippen LogP contribution in [-0.4, -0.2) is 27.5 Å². The Morgan fingerprint density at radius 2 is 1.94 bits per heavy atom. The van der Waals surface area contributed by atoms with Gasteiger partial charge in [-0.2, -0.15) is 13.2 Å². The maximum Gasteiger partial charge on any atom is 0.431 e. The fraction of sp³-hybridized carbons (Fsp3) is 0.364. The molecule has 0 saturated heterocycles. The van der Waals surface area contributed by atoms with Crippen LogP contribution in [0.5, 0.6) is 0 Å². The third-order valence-electron chi connectivity index (χ3n) is 2.56. The van der Waals surface area contributed by atoms with Gasteiger partial charge in [0, 0.05) is 5.69 Å². The highest BCUT2D eigenvalue weighted by Crippen LogP contribution is 2.35. The van der Waals surface area contributed by atoms with Gasteiger partial charge in [-0.3, -0.25) is 4.79 Å². The lowest BCUT2D eigenvalue weighted by Crippen LogP contribution is -2.38. The summed E-state index contributed by atoms with van der Waals surface area (Å²) in [6, 6.07) is 1.64. The zero-order valence-electron chi connectivity index (χ0n) is 9.47. The average Bonchev–Trinajstić information content (AvgIpc) is 2.20. The monoisotopic (exact) mass is 320 g/mol. The van der Waals surface area contributed by atoms with Gasteiger partial charge in [-0.1, -0.05) is 15.9 Å². The molecule has 7 heteroatoms. The summed E-state index contributed by atoms with van der Waals surface area (Å²) in [6.07, 6.45) is -4.65. The zero-order chi connectivity index (χ0) is 13.7. The third kappa shape index (κ3) is 2.07. The molecule has 0 saturated carbocycles. The van der Waals surface area contributed by atoms with Crippen LogP contribution in [-0.2, 0) is 0 Å². The summed E-state index contributed by atoms with van der Waals surface area (Å²) < 4.78 is 38.2. The molecule has 1 atom stereocenters. The molecule has 1 aliphatic rings. The van der Waals surface area contributed by atoms with Gasteiger partial charge in [-0.05, 0) is 25.5 Å². The summed E-state index contributed by atoms with van der Waals surface area (Å²) in [4.78, 5) is 17.8. The highest BCUT2D eigenvalue weighted by atomic mass is 79.9. The largest absolute Gasteiger partial charge is 0.431 e. The number of halogens is 4. The molecule has 0 radical (unpaired) electrons. The Morgan fingerprint density at radius 1 is 1.33 bits per heavy atom. The van der Waals surface area contributed by atoms with Crippen LogP contribution in [0.3, 0.4) is 0 Å². The number of aryl methyl sites for hydroxylation is 2. The van der Waals surface area contributed by atoms with Crippen LogP contribution in [0.15, 0.2) is 11.1 Å². The smallest absolute Gasteiger partial charge is 0.292 e. The lowest BCUT2D eigenvalue weighted by molar-refractivity contribution is -0.0598. The first kappa shape index (κ1) is 13.2. The number of pyridine rings is 1. The van der Waals surface area contributed by atoms with Crippen molar-refractivity contribution < 1.29 is 18.0 Å². The van der Waals surface area contributed by atoms with Gasteiger partial charge in [-0.25, -0.2) is 9.98 Å². The van der Waals surface area contributed by atoms with Crippen molar-refractivity contribution in [2.24, 2.45) is 4.99 Å². The Kier molecular flexibility index (Phi) is 3.04. The van der Waals surface area contributed by atoms with Crippen LogP contribution >= 0.6 is 15.9 Å². The molecule has 0 bridgehead atoms. The predicted octanol–water partition coefficient (Wildman–Crippen LogP) is 3.29. The van der Waals surface area contributed by atoms with E-state index in [9.17, 15) is 18.0 Å². The molecule has 1 aromatic rings. The van der Waals surface area contributed by atoms with Gasteiger partial charge in [0.05, 0.1) is 5.56 Å². The highest BCUT2D eigenvalue weighted by molar-refractivity contribution is 9.10. The first-order valence-corrected chi connectivity index (χ1v) is 5.95. The van der Waals surface area contributed by atoms with Gasteiger partial charge in [0.15, 0.2) is 11.6 Å². The van der Waals surface area contributed by atoms with Crippen LogP contribution in [0.25, 0.3) is 0 Å². The van der Waals surface area contributed by atoms with Gasteiger partial charge in [0.1, 0.15) is 10.5 Å². The lowest BCUT2D eigenvalue weighted by atomic mass is 9.98. The van der Waals surface area contributed by atoms with E-state index in [2.05, 4.69) is 25.9 Å². The maximum absolute atomic E-state index is 12.7. The Morgan fingerprint density at radius 3 is 2.50 bits per heavy atom. The number of nitrogens with zero attached hydrogens (tertiary/aromatic N) is 2. The summed E-state index contributed by atoms with van der Waals surface area (Å²) in [5, 5.41) is 0. The summed E-state index contributed by atoms with van der Waals surface area (Å²) >= 11 is 2.75. The van der Waals surface area contributed by atoms with Gasteiger partial charge < -0.3 is 0 Å². The second-order valence-electron chi connectivity index (χ2n) is 4.00. The number of carbonyl (C=O) groups is 1. The van der Waals surface area contributed by atoms with Crippen molar-refractivity contribution in [3.63, 3.8) is 0 Å². The summed E-state index contributed by atoms with van der Waals surface area (Å²) in [6.45, 7) is 3.29. The number of aliphatic imine (C=N–C) groups is 1. The highest BCUT2D eigenvalue weighted by Gasteiger charge is 2.46. The first-order chi connectivity index (χ1) is 8.21. The molecule has 2 rings (SSSR count). The van der Waals surface area contributed by atoms with E-state index in [4.69, 9.17) is 0 Å². The van der Waals surface area contributed by atoms with Crippen molar-refractivity contribution >= 4 is 33.2 Å². The van der Waals surface area contributed by atoms with Crippen molar-refractivity contribution in [1.29, 1.82) is 0 Å². The van der Waals surface area contributed by atoms with E-state index in [0.29, 0.717) is 11.3 Å². The summed E-state index contributed by atoms with van der Waals surface area (Å²) in [5.74, 6) is -0.808. The van der Waals surface area contributed by atoms with Crippen LogP contribution in [0.1, 0.15) is 21.6 Å². The van der Waals surface area contributed by atoms with E-state index < -0.39 is 22.5 Å². The molecule has 0 spiro atoms. The standard InChI is InChI=1S/C11H8BrF3N2O/c1-4-3-5(2)16-10-6(4)8(18)7(12)9(17-10)11(13,14)15/h3,7H,1-2H3. The Labute approximate surface area is 109 Å². The number of hydrogen-bond donors (Lipinski definition) is 0. The molecule has 3 nitrogen and oxygen atoms in total. The van der Waals surface area contributed by atoms with Crippen LogP contribution in [0.2, 0.25) is 0 Å². The average molecular weight is 321 g/mol. The first-order valence-electron chi connectivity index (χ1n) is 5.04. The molecule has 0 aromatic carbocycles. The van der Waals surface area contributed by atoms with E-state index in [1.807, 2.05) is 0 Å². The number of ketones is 1. The van der Waals surface area contributed by atoms with Crippen molar-refractivity contribution in [3.05, 3.63) is 22.9 Å². The minimum Gasteiger partial charge on any atom is -0.292 e. The number of carbonyl (C=O) groups excluding carboxylic acids is 1. The fourth-order valence-corrected chi connectivity index (χ4v) is 2.42. The molecule has 0 aliphatic carbocycles. The maximum atomic E-state index is 12.7. The zero-order valence-corrected chi connectivity index (χ0v) is 11.1. The van der Waals surface area contributed by atoms with Crippen molar-refractivity contribution in [1.82, 2.24) is 4.98 Å². The van der Waals surface area contributed by atoms with Crippen LogP contribution in [0, 0.1) is 13.8 Å². The predicted molar refractivity (Wildman–Crippen MR) is 63.9 cm³/mol. The lowest BCUT2D eigenvalue weighted by Gasteiger charge is -2.22. The fourth-order valence-electron chi connectivity index (χ4n) is 1.83. The van der Waals surface area contributed by atoms with E-state index in [0.717, 1.165) is 0 Å². The van der Waals surface area contributed by atoms with E-state index in [1.54, 1.807) is 19.9 Å². The molecule has 2 heterocycles. The molecule has 18 heavy (non-hydrogen) atoms. The molecular formula is C11H8BrF3N2O. The minimum absolute atomic E-state index is 0.149. The number of aromatic nitrogens is 1. The SMILES string of the molecule is Cc1cc(C)c2c(n1)N=C(C(F)(F)F)C(Br)C2=O. The van der Waals surface area contributed by atoms with Crippen molar-refractivity contribution in [2.75, 3.05) is 0 Å². The van der Waals surface area contributed by atoms with Gasteiger partial charge in [0.2, 0.25) is 0 Å². The molecule has 0 amide bonds. The van der Waals surface area contributed by atoms with Gasteiger partial charge in [0.25, 0.3) is 0 Å². The van der Waals surface area contributed by atoms with E-state index >= 15 is 0 Å².